The van der Waals surface area contributed by atoms with Gasteiger partial charge < -0.3 is 30.3 Å². The zero-order valence-electron chi connectivity index (χ0n) is 23.1. The van der Waals surface area contributed by atoms with Crippen LogP contribution in [0.4, 0.5) is 0 Å². The molecule has 228 valence electrons. The lowest BCUT2D eigenvalue weighted by Crippen LogP contribution is -2.59. The Morgan fingerprint density at radius 1 is 0.732 bits per heavy atom. The third-order valence-electron chi connectivity index (χ3n) is 6.99. The normalized spacial score (nSPS) is 17.9. The number of carboxylic acid groups (broad SMARTS) is 5. The molecule has 5 N–H and O–H groups in total. The third kappa shape index (κ3) is 11.7. The van der Waals surface area contributed by atoms with Gasteiger partial charge in [-0.25, -0.2) is 0 Å². The van der Waals surface area contributed by atoms with Crippen LogP contribution in [-0.2, 0) is 30.4 Å². The Labute approximate surface area is 237 Å². The van der Waals surface area contributed by atoms with Gasteiger partial charge in [-0.15, -0.1) is 0 Å². The summed E-state index contributed by atoms with van der Waals surface area (Å²) in [5, 5.41) is 47.7. The third-order valence-corrected chi connectivity index (χ3v) is 6.99. The molecule has 0 radical (unpaired) electrons. The second-order valence-electron chi connectivity index (χ2n) is 10.1. The maximum atomic E-state index is 12.0. The van der Waals surface area contributed by atoms with Gasteiger partial charge in [0.2, 0.25) is 0 Å². The Morgan fingerprint density at radius 3 is 1.61 bits per heavy atom. The van der Waals surface area contributed by atoms with E-state index in [1.54, 1.807) is 29.2 Å². The van der Waals surface area contributed by atoms with Gasteiger partial charge in [0.05, 0.1) is 39.3 Å². The fourth-order valence-electron chi connectivity index (χ4n) is 5.47. The number of ether oxygens (including phenoxy) is 1. The highest BCUT2D eigenvalue weighted by atomic mass is 16.5. The lowest BCUT2D eigenvalue weighted by molar-refractivity contribution is -0.146. The molecule has 3 unspecified atom stereocenters. The molecule has 3 atom stereocenters. The van der Waals surface area contributed by atoms with E-state index >= 15 is 0 Å². The summed E-state index contributed by atoms with van der Waals surface area (Å²) in [6.45, 7) is -0.537. The summed E-state index contributed by atoms with van der Waals surface area (Å²) in [6, 6.07) is 5.10. The number of nitrogens with zero attached hydrogens (tertiary/aromatic N) is 3. The molecule has 1 aliphatic rings. The van der Waals surface area contributed by atoms with Crippen LogP contribution in [-0.4, -0.2) is 134 Å². The number of hydrogen-bond donors (Lipinski definition) is 5. The molecule has 0 aromatic heterocycles. The van der Waals surface area contributed by atoms with Crippen molar-refractivity contribution in [3.05, 3.63) is 29.8 Å². The van der Waals surface area contributed by atoms with Gasteiger partial charge >= 0.3 is 29.8 Å². The smallest absolute Gasteiger partial charge is 0.317 e. The second kappa shape index (κ2) is 16.5. The molecular weight excluding hydrogens is 542 g/mol. The number of hydrogen-bond acceptors (Lipinski definition) is 9. The average Bonchev–Trinajstić information content (AvgIpc) is 2.87. The first kappa shape index (κ1) is 33.5. The molecular formula is C27H39N3O11. The van der Waals surface area contributed by atoms with E-state index in [0.29, 0.717) is 38.0 Å². The fourth-order valence-corrected chi connectivity index (χ4v) is 5.47. The van der Waals surface area contributed by atoms with Gasteiger partial charge in [-0.05, 0) is 43.9 Å². The summed E-state index contributed by atoms with van der Waals surface area (Å²) in [6.07, 6.45) is 2.48. The topological polar surface area (TPSA) is 205 Å². The molecule has 1 saturated carbocycles. The van der Waals surface area contributed by atoms with Crippen molar-refractivity contribution in [1.29, 1.82) is 0 Å². The summed E-state index contributed by atoms with van der Waals surface area (Å²) < 4.78 is 5.47. The highest BCUT2D eigenvalue weighted by Crippen LogP contribution is 2.28. The minimum Gasteiger partial charge on any atom is -0.494 e. The maximum absolute atomic E-state index is 12.0. The van der Waals surface area contributed by atoms with Crippen LogP contribution in [0, 0.1) is 0 Å². The van der Waals surface area contributed by atoms with E-state index in [0.717, 1.165) is 5.56 Å². The first-order valence-electron chi connectivity index (χ1n) is 13.4. The molecule has 0 spiro atoms. The lowest BCUT2D eigenvalue weighted by atomic mass is 9.87. The predicted octanol–water partition coefficient (Wildman–Crippen LogP) is 0.637. The van der Waals surface area contributed by atoms with Gasteiger partial charge in [-0.1, -0.05) is 25.0 Å². The number of benzene rings is 1. The highest BCUT2D eigenvalue weighted by Gasteiger charge is 2.38. The van der Waals surface area contributed by atoms with Crippen molar-refractivity contribution in [2.75, 3.05) is 45.9 Å². The van der Waals surface area contributed by atoms with Gasteiger partial charge in [0, 0.05) is 24.7 Å². The Kier molecular flexibility index (Phi) is 13.5. The number of carbonyl (C=O) groups is 5. The van der Waals surface area contributed by atoms with Gasteiger partial charge in [-0.3, -0.25) is 38.7 Å². The Bertz CT molecular complexity index is 1020. The van der Waals surface area contributed by atoms with Crippen LogP contribution in [0.2, 0.25) is 0 Å². The monoisotopic (exact) mass is 581 g/mol. The van der Waals surface area contributed by atoms with Crippen molar-refractivity contribution in [3.8, 4) is 5.75 Å². The van der Waals surface area contributed by atoms with E-state index in [4.69, 9.17) is 4.74 Å². The molecule has 1 aromatic carbocycles. The van der Waals surface area contributed by atoms with Gasteiger partial charge in [-0.2, -0.15) is 0 Å². The van der Waals surface area contributed by atoms with Crippen LogP contribution in [0.15, 0.2) is 24.3 Å². The van der Waals surface area contributed by atoms with E-state index in [1.807, 2.05) is 6.92 Å². The van der Waals surface area contributed by atoms with Gasteiger partial charge in [0.1, 0.15) is 5.75 Å². The number of rotatable bonds is 19. The zero-order valence-corrected chi connectivity index (χ0v) is 23.1. The van der Waals surface area contributed by atoms with Gasteiger partial charge in [0.25, 0.3) is 0 Å². The molecule has 0 amide bonds. The highest BCUT2D eigenvalue weighted by molar-refractivity contribution is 5.73. The Balaban J connectivity index is 2.49. The minimum absolute atomic E-state index is 0.0464. The molecule has 41 heavy (non-hydrogen) atoms. The molecule has 2 rings (SSSR count). The van der Waals surface area contributed by atoms with E-state index in [2.05, 4.69) is 0 Å². The SMILES string of the molecule is CCOc1ccc(CC(CN(CC(=O)O)C2CCCCC2N(CC(=O)O)CC(=O)O)N(CC(=O)O)CC(=O)O)cc1. The molecule has 1 aliphatic carbocycles. The summed E-state index contributed by atoms with van der Waals surface area (Å²) in [7, 11) is 0. The van der Waals surface area contributed by atoms with Gasteiger partial charge in [0.15, 0.2) is 0 Å². The van der Waals surface area contributed by atoms with E-state index < -0.39 is 80.7 Å². The molecule has 0 heterocycles. The second-order valence-corrected chi connectivity index (χ2v) is 10.1. The number of carboxylic acids is 5. The van der Waals surface area contributed by atoms with Crippen LogP contribution in [0.3, 0.4) is 0 Å². The number of aliphatic carboxylic acids is 5. The molecule has 0 aliphatic heterocycles. The van der Waals surface area contributed by atoms with E-state index in [1.165, 1.54) is 9.80 Å². The molecule has 14 heteroatoms. The van der Waals surface area contributed by atoms with Crippen molar-refractivity contribution in [2.24, 2.45) is 0 Å². The summed E-state index contributed by atoms with van der Waals surface area (Å²) in [5.41, 5.74) is 0.744. The maximum Gasteiger partial charge on any atom is 0.317 e. The van der Waals surface area contributed by atoms with Crippen molar-refractivity contribution in [3.63, 3.8) is 0 Å². The van der Waals surface area contributed by atoms with E-state index in [-0.39, 0.29) is 13.0 Å². The first-order chi connectivity index (χ1) is 19.4. The van der Waals surface area contributed by atoms with Crippen LogP contribution < -0.4 is 4.74 Å². The predicted molar refractivity (Wildman–Crippen MR) is 144 cm³/mol. The van der Waals surface area contributed by atoms with Crippen molar-refractivity contribution in [1.82, 2.24) is 14.7 Å². The molecule has 14 nitrogen and oxygen atoms in total. The Hall–Kier alpha value is -3.75. The van der Waals surface area contributed by atoms with Crippen LogP contribution >= 0.6 is 0 Å². The molecule has 1 aromatic rings. The largest absolute Gasteiger partial charge is 0.494 e. The standard InChI is InChI=1S/C27H39N3O11/c1-2-41-20-9-7-18(8-10-20)11-19(28(13-23(31)32)14-24(33)34)12-29(15-25(35)36)21-5-3-4-6-22(21)30(16-26(37)38)17-27(39)40/h7-10,19,21-22H,2-6,11-17H2,1H3,(H,31,32)(H,33,34)(H,35,36)(H,37,38)(H,39,40). The van der Waals surface area contributed by atoms with Crippen molar-refractivity contribution in [2.45, 2.75) is 57.2 Å². The summed E-state index contributed by atoms with van der Waals surface area (Å²) >= 11 is 0. The van der Waals surface area contributed by atoms with Crippen LogP contribution in [0.5, 0.6) is 5.75 Å². The average molecular weight is 582 g/mol. The van der Waals surface area contributed by atoms with Crippen molar-refractivity contribution >= 4 is 29.8 Å². The van der Waals surface area contributed by atoms with Crippen molar-refractivity contribution < 1.29 is 54.2 Å². The summed E-state index contributed by atoms with van der Waals surface area (Å²) in [5.74, 6) is -5.50. The quantitative estimate of drug-likeness (QED) is 0.152. The molecule has 1 fully saturated rings. The molecule has 0 bridgehead atoms. The van der Waals surface area contributed by atoms with Crippen LogP contribution in [0.1, 0.15) is 38.2 Å². The van der Waals surface area contributed by atoms with Crippen LogP contribution in [0.25, 0.3) is 0 Å². The van der Waals surface area contributed by atoms with E-state index in [9.17, 15) is 49.5 Å². The fraction of sp³-hybridized carbons (Fsp3) is 0.593. The lowest BCUT2D eigenvalue weighted by Gasteiger charge is -2.45. The summed E-state index contributed by atoms with van der Waals surface area (Å²) in [4.78, 5) is 62.7. The first-order valence-corrected chi connectivity index (χ1v) is 13.4. The minimum atomic E-state index is -1.25. The Morgan fingerprint density at radius 2 is 1.17 bits per heavy atom. The zero-order chi connectivity index (χ0) is 30.5. The molecule has 0 saturated heterocycles.